The molecule has 0 aliphatic carbocycles. The number of nitrogens with two attached hydrogens (primary N) is 3. The van der Waals surface area contributed by atoms with Crippen LogP contribution < -0.4 is 39.2 Å². The van der Waals surface area contributed by atoms with Crippen molar-refractivity contribution in [2.75, 3.05) is 35.6 Å². The van der Waals surface area contributed by atoms with Gasteiger partial charge in [-0.15, -0.1) is 0 Å². The van der Waals surface area contributed by atoms with E-state index in [0.29, 0.717) is 87.5 Å². The van der Waals surface area contributed by atoms with E-state index in [1.807, 2.05) is 172 Å². The number of fused-ring (bicyclic) bond motifs is 7. The number of nitrogens with zero attached hydrogens (tertiary/aromatic N) is 16. The molecule has 11 heterocycles. The molecule has 1 aliphatic heterocycles. The maximum absolute atomic E-state index is 14.0. The lowest BCUT2D eigenvalue weighted by atomic mass is 10.0. The number of aryl methyl sites for hydroxylation is 6. The fourth-order valence-electron chi connectivity index (χ4n) is 14.6. The molecule has 1 aliphatic rings. The Labute approximate surface area is 595 Å². The lowest BCUT2D eigenvalue weighted by Gasteiger charge is -2.36. The summed E-state index contributed by atoms with van der Waals surface area (Å²) >= 11 is 0. The number of hydrogen-bond donors (Lipinski definition) is 5. The second-order valence-electron chi connectivity index (χ2n) is 26.7. The summed E-state index contributed by atoms with van der Waals surface area (Å²) in [6.07, 6.45) is 8.64. The van der Waals surface area contributed by atoms with Crippen LogP contribution in [0.15, 0.2) is 184 Å². The largest absolute Gasteiger partial charge is 0.424 e. The molecule has 16 aromatic rings. The van der Waals surface area contributed by atoms with Crippen molar-refractivity contribution >= 4 is 100 Å². The van der Waals surface area contributed by atoms with E-state index in [-0.39, 0.29) is 35.3 Å². The van der Waals surface area contributed by atoms with E-state index in [9.17, 15) is 14.4 Å². The van der Waals surface area contributed by atoms with E-state index in [1.54, 1.807) is 26.2 Å². The monoisotopic (exact) mass is 1380 g/mol. The van der Waals surface area contributed by atoms with Gasteiger partial charge in [0, 0.05) is 47.8 Å². The number of oxazole rings is 1. The van der Waals surface area contributed by atoms with Gasteiger partial charge in [0.15, 0.2) is 28.3 Å². The van der Waals surface area contributed by atoms with Crippen LogP contribution in [0.1, 0.15) is 90.2 Å². The predicted molar refractivity (Wildman–Crippen MR) is 409 cm³/mol. The molecule has 0 bridgehead atoms. The zero-order chi connectivity index (χ0) is 72.2. The number of nitrogen functional groups attached to an aromatic ring is 3. The number of piperidine rings is 1. The molecular weight excluding hydrogens is 1310 g/mol. The molecule has 6 aromatic carbocycles. The van der Waals surface area contributed by atoms with Gasteiger partial charge in [0.25, 0.3) is 22.7 Å². The molecule has 522 valence electrons. The molecule has 0 saturated carbocycles. The van der Waals surface area contributed by atoms with Crippen LogP contribution in [0.4, 0.5) is 23.5 Å². The molecule has 17 rings (SSSR count). The number of rotatable bonds is 13. The molecule has 0 spiro atoms. The molecule has 0 atom stereocenters. The van der Waals surface area contributed by atoms with Gasteiger partial charge in [0.1, 0.15) is 47.3 Å². The molecule has 25 heteroatoms. The second kappa shape index (κ2) is 27.6. The maximum atomic E-state index is 14.0. The van der Waals surface area contributed by atoms with Crippen LogP contribution in [0.3, 0.4) is 0 Å². The van der Waals surface area contributed by atoms with E-state index in [2.05, 4.69) is 81.1 Å². The fourth-order valence-corrected chi connectivity index (χ4v) is 14.6. The number of aromatic nitrogens is 16. The van der Waals surface area contributed by atoms with E-state index >= 15 is 0 Å². The Balaban J connectivity index is 0.000000127. The summed E-state index contributed by atoms with van der Waals surface area (Å²) in [5.41, 5.74) is 33.4. The topological polar surface area (TPSA) is 327 Å². The number of benzene rings is 6. The Morgan fingerprint density at radius 1 is 0.558 bits per heavy atom. The van der Waals surface area contributed by atoms with E-state index in [1.165, 1.54) is 19.0 Å². The Morgan fingerprint density at radius 2 is 1.09 bits per heavy atom. The highest BCUT2D eigenvalue weighted by molar-refractivity contribution is 6.00. The molecule has 0 amide bonds. The molecule has 25 nitrogen and oxygen atoms in total. The van der Waals surface area contributed by atoms with Crippen LogP contribution in [0, 0.1) is 34.6 Å². The van der Waals surface area contributed by atoms with Crippen molar-refractivity contribution in [1.82, 2.24) is 83.0 Å². The number of H-pyrrole nitrogens is 1. The van der Waals surface area contributed by atoms with Crippen molar-refractivity contribution in [1.29, 1.82) is 0 Å². The summed E-state index contributed by atoms with van der Waals surface area (Å²) < 4.78 is 14.6. The van der Waals surface area contributed by atoms with Crippen molar-refractivity contribution in [3.05, 3.63) is 246 Å². The normalized spacial score (nSPS) is 12.9. The van der Waals surface area contributed by atoms with Gasteiger partial charge in [0.05, 0.1) is 70.0 Å². The van der Waals surface area contributed by atoms with Crippen LogP contribution in [-0.2, 0) is 26.1 Å². The van der Waals surface area contributed by atoms with Crippen molar-refractivity contribution in [2.24, 2.45) is 0 Å². The predicted octanol–water partition coefficient (Wildman–Crippen LogP) is 12.3. The summed E-state index contributed by atoms with van der Waals surface area (Å²) in [7, 11) is 0. The molecule has 8 N–H and O–H groups in total. The van der Waals surface area contributed by atoms with Gasteiger partial charge in [-0.1, -0.05) is 97.9 Å². The summed E-state index contributed by atoms with van der Waals surface area (Å²) in [5.74, 6) is 1.41. The van der Waals surface area contributed by atoms with Crippen LogP contribution >= 0.6 is 0 Å². The molecule has 10 aromatic heterocycles. The Bertz CT molecular complexity index is 6210. The first-order valence-electron chi connectivity index (χ1n) is 34.7. The minimum atomic E-state index is -0.0835. The number of likely N-dealkylation sites (tertiary alicyclic amines) is 1. The van der Waals surface area contributed by atoms with E-state index in [0.717, 1.165) is 131 Å². The lowest BCUT2D eigenvalue weighted by Crippen LogP contribution is -2.41. The van der Waals surface area contributed by atoms with Crippen LogP contribution in [0.5, 0.6) is 0 Å². The van der Waals surface area contributed by atoms with Crippen molar-refractivity contribution < 1.29 is 4.42 Å². The average molecular weight is 1380 g/mol. The average Bonchev–Trinajstić information content (AvgIpc) is 1.50. The summed E-state index contributed by atoms with van der Waals surface area (Å²) in [6.45, 7) is 19.6. The third kappa shape index (κ3) is 12.3. The quantitative estimate of drug-likeness (QED) is 0.0716. The first-order valence-corrected chi connectivity index (χ1v) is 34.7. The number of imidazole rings is 1. The third-order valence-electron chi connectivity index (χ3n) is 19.8. The van der Waals surface area contributed by atoms with Gasteiger partial charge in [-0.3, -0.25) is 23.5 Å². The van der Waals surface area contributed by atoms with Crippen molar-refractivity contribution in [3.63, 3.8) is 0 Å². The standard InChI is InChI=1S/C30H24N8O2.C25H24N6O.C24H29N7O/c1-16-6-3-4-9-22(16)38-20(12-18-8-5-7-17(2)24(18)29(38)39)14-37-28-25(27(31)33-15-34-28)26(36-37)19-10-11-23-21(13-19)35-30(32)40-23;1-4-19-22-23(26)27-14-28-24(22)30(29-19)13-18-12-17-10-7-9-16(3)21(17)25(32)31(18)20-11-6-5-8-15(20)2;1-15(2)30-9-7-18(8-10-30)31-19(11-17-6-4-5-16(3)20(17)24(31)32)12-25-22-21-23(27-13-26-21)29-14-28-22/h3-13,15H,14H2,1-2H3,(H2,32,35)(H2,31,33,34);5-12,14H,4,13H2,1-3H3,(H2,26,27,28);4-6,11,13-15,18H,7-10,12H2,1-3H3,(H2,25,26,27,28,29). The third-order valence-corrected chi connectivity index (χ3v) is 19.8. The molecule has 1 saturated heterocycles. The Kier molecular flexibility index (Phi) is 17.8. The smallest absolute Gasteiger partial charge is 0.292 e. The van der Waals surface area contributed by atoms with Gasteiger partial charge in [0.2, 0.25) is 0 Å². The number of pyridine rings is 3. The van der Waals surface area contributed by atoms with Gasteiger partial charge in [-0.25, -0.2) is 44.3 Å². The van der Waals surface area contributed by atoms with Gasteiger partial charge >= 0.3 is 0 Å². The summed E-state index contributed by atoms with van der Waals surface area (Å²) in [4.78, 5) is 81.5. The number of hydrogen-bond acceptors (Lipinski definition) is 19. The summed E-state index contributed by atoms with van der Waals surface area (Å²) in [5, 5.41) is 19.5. The number of aromatic amines is 1. The molecule has 0 unspecified atom stereocenters. The maximum Gasteiger partial charge on any atom is 0.292 e. The Hall–Kier alpha value is -12.8. The molecule has 1 fully saturated rings. The van der Waals surface area contributed by atoms with Gasteiger partial charge in [-0.2, -0.15) is 15.2 Å². The second-order valence-corrected chi connectivity index (χ2v) is 26.7. The number of para-hydroxylation sites is 2. The van der Waals surface area contributed by atoms with Gasteiger partial charge < -0.3 is 41.4 Å². The van der Waals surface area contributed by atoms with Gasteiger partial charge in [-0.05, 0) is 160 Å². The SMILES string of the molecule is CCc1nn(Cc2cc3cccc(C)c3c(=O)n2-c2ccccc2C)c2ncnc(N)c12.Cc1cccc2cc(CNc3ncnc4nc[nH]c34)n(C3CCN(C(C)C)CC3)c(=O)c12.Cc1ccccc1-n1c(Cn2nc(-c3ccc4oc(N)nc4c3)c3c(N)ncnc32)cc2cccc(C)c2c1=O. The summed E-state index contributed by atoms with van der Waals surface area (Å²) in [6, 6.07) is 46.2. The minimum absolute atomic E-state index is 0.0359. The van der Waals surface area contributed by atoms with E-state index in [4.69, 9.17) is 31.8 Å². The lowest BCUT2D eigenvalue weighted by molar-refractivity contribution is 0.149. The van der Waals surface area contributed by atoms with Crippen molar-refractivity contribution in [2.45, 2.75) is 106 Å². The zero-order valence-electron chi connectivity index (χ0n) is 58.9. The minimum Gasteiger partial charge on any atom is -0.424 e. The molecule has 0 radical (unpaired) electrons. The fraction of sp³-hybridized carbons (Fsp3) is 0.228. The first kappa shape index (κ1) is 67.1. The van der Waals surface area contributed by atoms with Crippen molar-refractivity contribution in [3.8, 4) is 22.6 Å². The Morgan fingerprint density at radius 3 is 1.66 bits per heavy atom. The number of anilines is 4. The molecular formula is C79H77N21O4. The highest BCUT2D eigenvalue weighted by atomic mass is 16.4. The number of nitrogens with one attached hydrogen (secondary N) is 2. The van der Waals surface area contributed by atoms with Crippen LogP contribution in [0.25, 0.3) is 99.3 Å². The first-order chi connectivity index (χ1) is 50.4. The van der Waals surface area contributed by atoms with Crippen LogP contribution in [-0.4, -0.2) is 102 Å². The van der Waals surface area contributed by atoms with E-state index < -0.39 is 0 Å². The highest BCUT2D eigenvalue weighted by Crippen LogP contribution is 2.35. The molecule has 104 heavy (non-hydrogen) atoms. The van der Waals surface area contributed by atoms with Crippen LogP contribution in [0.2, 0.25) is 0 Å². The highest BCUT2D eigenvalue weighted by Gasteiger charge is 2.27. The zero-order valence-corrected chi connectivity index (χ0v) is 58.9.